The molecule has 0 saturated carbocycles. The summed E-state index contributed by atoms with van der Waals surface area (Å²) in [6.07, 6.45) is 2.81. The minimum atomic E-state index is 0.412. The van der Waals surface area contributed by atoms with E-state index in [-0.39, 0.29) is 0 Å². The third-order valence-electron chi connectivity index (χ3n) is 3.44. The summed E-state index contributed by atoms with van der Waals surface area (Å²) in [5.41, 5.74) is 6.90. The fourth-order valence-corrected chi connectivity index (χ4v) is 2.89. The minimum Gasteiger partial charge on any atom is -0.496 e. The lowest BCUT2D eigenvalue weighted by Crippen LogP contribution is -2.30. The van der Waals surface area contributed by atoms with Crippen LogP contribution < -0.4 is 10.5 Å². The molecule has 108 valence electrons. The van der Waals surface area contributed by atoms with Gasteiger partial charge in [0.2, 0.25) is 0 Å². The van der Waals surface area contributed by atoms with Crippen LogP contribution in [0.3, 0.4) is 0 Å². The lowest BCUT2D eigenvalue weighted by atomic mass is 10.1. The molecule has 1 aromatic carbocycles. The number of nitrogens with zero attached hydrogens (tertiary/aromatic N) is 2. The molecule has 2 rings (SSSR count). The number of hydrogen-bond donors (Lipinski definition) is 1. The molecule has 2 N–H and O–H groups in total. The van der Waals surface area contributed by atoms with Crippen LogP contribution in [-0.2, 0) is 13.0 Å². The van der Waals surface area contributed by atoms with Crippen molar-refractivity contribution in [2.45, 2.75) is 25.9 Å². The van der Waals surface area contributed by atoms with Crippen molar-refractivity contribution in [2.75, 3.05) is 19.9 Å². The Hall–Kier alpha value is -1.59. The molecule has 2 aromatic rings. The second-order valence-corrected chi connectivity index (χ2v) is 6.09. The van der Waals surface area contributed by atoms with Crippen LogP contribution in [0.25, 0.3) is 0 Å². The predicted octanol–water partition coefficient (Wildman–Crippen LogP) is 2.80. The van der Waals surface area contributed by atoms with Crippen molar-refractivity contribution in [2.24, 2.45) is 0 Å². The zero-order valence-corrected chi connectivity index (χ0v) is 13.0. The highest BCUT2D eigenvalue weighted by Gasteiger charge is 2.14. The quantitative estimate of drug-likeness (QED) is 0.889. The van der Waals surface area contributed by atoms with Gasteiger partial charge in [0.25, 0.3) is 0 Å². The Morgan fingerprint density at radius 1 is 1.40 bits per heavy atom. The number of thiazole rings is 1. The monoisotopic (exact) mass is 291 g/mol. The van der Waals surface area contributed by atoms with E-state index in [1.807, 2.05) is 18.3 Å². The molecule has 1 atom stereocenters. The summed E-state index contributed by atoms with van der Waals surface area (Å²) in [6, 6.07) is 8.58. The summed E-state index contributed by atoms with van der Waals surface area (Å²) in [5.74, 6) is 0.954. The van der Waals surface area contributed by atoms with E-state index < -0.39 is 0 Å². The van der Waals surface area contributed by atoms with Crippen LogP contribution in [0.1, 0.15) is 17.4 Å². The maximum Gasteiger partial charge on any atom is 0.180 e. The summed E-state index contributed by atoms with van der Waals surface area (Å²) < 4.78 is 5.40. The fourth-order valence-electron chi connectivity index (χ4n) is 2.14. The van der Waals surface area contributed by atoms with Gasteiger partial charge in [0.1, 0.15) is 5.75 Å². The Bertz CT molecular complexity index is 556. The highest BCUT2D eigenvalue weighted by Crippen LogP contribution is 2.22. The molecule has 1 aromatic heterocycles. The van der Waals surface area contributed by atoms with E-state index in [9.17, 15) is 0 Å². The van der Waals surface area contributed by atoms with Gasteiger partial charge in [0, 0.05) is 23.7 Å². The average Bonchev–Trinajstić information content (AvgIpc) is 2.84. The Morgan fingerprint density at radius 3 is 2.80 bits per heavy atom. The van der Waals surface area contributed by atoms with Crippen LogP contribution in [0.5, 0.6) is 5.75 Å². The van der Waals surface area contributed by atoms with E-state index in [1.165, 1.54) is 10.4 Å². The van der Waals surface area contributed by atoms with Crippen LogP contribution >= 0.6 is 11.3 Å². The van der Waals surface area contributed by atoms with Gasteiger partial charge in [-0.3, -0.25) is 4.90 Å². The van der Waals surface area contributed by atoms with E-state index in [2.05, 4.69) is 36.0 Å². The molecule has 5 heteroatoms. The third kappa shape index (κ3) is 3.71. The van der Waals surface area contributed by atoms with E-state index in [1.54, 1.807) is 18.4 Å². The van der Waals surface area contributed by atoms with Gasteiger partial charge in [0.15, 0.2) is 5.13 Å². The van der Waals surface area contributed by atoms with Gasteiger partial charge < -0.3 is 10.5 Å². The molecular weight excluding hydrogens is 270 g/mol. The van der Waals surface area contributed by atoms with Crippen molar-refractivity contribution in [1.29, 1.82) is 0 Å². The predicted molar refractivity (Wildman–Crippen MR) is 84.2 cm³/mol. The summed E-state index contributed by atoms with van der Waals surface area (Å²) in [6.45, 7) is 3.09. The SMILES string of the molecule is COc1ccccc1CC(C)N(C)Cc1cnc(N)s1. The molecule has 0 bridgehead atoms. The molecule has 1 unspecified atom stereocenters. The second-order valence-electron chi connectivity index (χ2n) is 4.94. The number of nitrogens with two attached hydrogens (primary N) is 1. The standard InChI is InChI=1S/C15H21N3OS/c1-11(8-12-6-4-5-7-14(12)19-3)18(2)10-13-9-17-15(16)20-13/h4-7,9,11H,8,10H2,1-3H3,(H2,16,17). The van der Waals surface area contributed by atoms with Crippen LogP contribution in [-0.4, -0.2) is 30.1 Å². The van der Waals surface area contributed by atoms with Gasteiger partial charge in [0.05, 0.1) is 7.11 Å². The van der Waals surface area contributed by atoms with Crippen molar-refractivity contribution in [1.82, 2.24) is 9.88 Å². The molecule has 0 radical (unpaired) electrons. The zero-order valence-electron chi connectivity index (χ0n) is 12.2. The number of para-hydroxylation sites is 1. The van der Waals surface area contributed by atoms with Crippen molar-refractivity contribution in [3.05, 3.63) is 40.9 Å². The van der Waals surface area contributed by atoms with Gasteiger partial charge in [-0.15, -0.1) is 11.3 Å². The summed E-state index contributed by atoms with van der Waals surface area (Å²) in [4.78, 5) is 7.59. The molecule has 0 aliphatic heterocycles. The van der Waals surface area contributed by atoms with Crippen molar-refractivity contribution < 1.29 is 4.74 Å². The highest BCUT2D eigenvalue weighted by molar-refractivity contribution is 7.15. The molecule has 20 heavy (non-hydrogen) atoms. The first-order valence-electron chi connectivity index (χ1n) is 6.62. The minimum absolute atomic E-state index is 0.412. The number of aromatic nitrogens is 1. The van der Waals surface area contributed by atoms with E-state index >= 15 is 0 Å². The van der Waals surface area contributed by atoms with E-state index in [4.69, 9.17) is 10.5 Å². The van der Waals surface area contributed by atoms with Crippen LogP contribution in [0, 0.1) is 0 Å². The maximum absolute atomic E-state index is 5.66. The molecule has 0 saturated heterocycles. The van der Waals surface area contributed by atoms with Gasteiger partial charge in [-0.05, 0) is 32.0 Å². The molecule has 0 aliphatic carbocycles. The number of likely N-dealkylation sites (N-methyl/N-ethyl adjacent to an activating group) is 1. The van der Waals surface area contributed by atoms with Crippen molar-refractivity contribution >= 4 is 16.5 Å². The van der Waals surface area contributed by atoms with Crippen LogP contribution in [0.4, 0.5) is 5.13 Å². The molecule has 0 spiro atoms. The second kappa shape index (κ2) is 6.72. The smallest absolute Gasteiger partial charge is 0.180 e. The summed E-state index contributed by atoms with van der Waals surface area (Å²) in [5, 5.41) is 0.630. The molecule has 0 amide bonds. The first-order chi connectivity index (χ1) is 9.60. The average molecular weight is 291 g/mol. The van der Waals surface area contributed by atoms with Crippen LogP contribution in [0.2, 0.25) is 0 Å². The normalized spacial score (nSPS) is 12.6. The number of nitrogen functional groups attached to an aromatic ring is 1. The Balaban J connectivity index is 1.98. The number of methoxy groups -OCH3 is 1. The van der Waals surface area contributed by atoms with Crippen molar-refractivity contribution in [3.63, 3.8) is 0 Å². The van der Waals surface area contributed by atoms with Crippen molar-refractivity contribution in [3.8, 4) is 5.75 Å². The number of hydrogen-bond acceptors (Lipinski definition) is 5. The fraction of sp³-hybridized carbons (Fsp3) is 0.400. The topological polar surface area (TPSA) is 51.4 Å². The summed E-state index contributed by atoms with van der Waals surface area (Å²) in [7, 11) is 3.84. The van der Waals surface area contributed by atoms with Gasteiger partial charge >= 0.3 is 0 Å². The Morgan fingerprint density at radius 2 is 2.15 bits per heavy atom. The highest BCUT2D eigenvalue weighted by atomic mass is 32.1. The molecule has 0 fully saturated rings. The Kier molecular flexibility index (Phi) is 4.98. The first-order valence-corrected chi connectivity index (χ1v) is 7.44. The maximum atomic E-state index is 5.66. The third-order valence-corrected chi connectivity index (χ3v) is 4.25. The van der Waals surface area contributed by atoms with Crippen LogP contribution in [0.15, 0.2) is 30.5 Å². The molecule has 0 aliphatic rings. The Labute approximate surface area is 124 Å². The number of ether oxygens (including phenoxy) is 1. The molecule has 4 nitrogen and oxygen atoms in total. The summed E-state index contributed by atoms with van der Waals surface area (Å²) >= 11 is 1.55. The molecule has 1 heterocycles. The van der Waals surface area contributed by atoms with Gasteiger partial charge in [-0.2, -0.15) is 0 Å². The van der Waals surface area contributed by atoms with E-state index in [0.717, 1.165) is 18.7 Å². The number of rotatable bonds is 6. The number of anilines is 1. The van der Waals surface area contributed by atoms with Gasteiger partial charge in [-0.25, -0.2) is 4.98 Å². The van der Waals surface area contributed by atoms with Gasteiger partial charge in [-0.1, -0.05) is 18.2 Å². The lowest BCUT2D eigenvalue weighted by molar-refractivity contribution is 0.248. The zero-order chi connectivity index (χ0) is 14.5. The lowest BCUT2D eigenvalue weighted by Gasteiger charge is -2.24. The first kappa shape index (κ1) is 14.8. The van der Waals surface area contributed by atoms with E-state index in [0.29, 0.717) is 11.2 Å². The largest absolute Gasteiger partial charge is 0.496 e. The number of benzene rings is 1. The molecular formula is C15H21N3OS.